The molecule has 0 amide bonds. The first kappa shape index (κ1) is 21.8. The molecule has 0 aromatic heterocycles. The van der Waals surface area contributed by atoms with Gasteiger partial charge in [-0.1, -0.05) is 38.1 Å². The van der Waals surface area contributed by atoms with Crippen LogP contribution < -0.4 is 14.2 Å². The molecule has 0 saturated carbocycles. The van der Waals surface area contributed by atoms with Gasteiger partial charge in [-0.05, 0) is 42.2 Å². The Morgan fingerprint density at radius 3 is 2.52 bits per heavy atom. The van der Waals surface area contributed by atoms with Gasteiger partial charge in [0.25, 0.3) is 0 Å². The second kappa shape index (κ2) is 10.2. The van der Waals surface area contributed by atoms with Crippen LogP contribution in [0.3, 0.4) is 0 Å². The SMILES string of the molecule is COc1cccc(C=C(C#N)C(=O)O)c1OCCOc1cc(C)ccc1C(C)C. The van der Waals surface area contributed by atoms with E-state index in [1.807, 2.05) is 13.0 Å². The summed E-state index contributed by atoms with van der Waals surface area (Å²) in [6.07, 6.45) is 1.26. The molecule has 2 aromatic carbocycles. The molecule has 0 spiro atoms. The Morgan fingerprint density at radius 2 is 1.90 bits per heavy atom. The lowest BCUT2D eigenvalue weighted by Gasteiger charge is -2.16. The molecule has 0 aliphatic rings. The van der Waals surface area contributed by atoms with Crippen molar-refractivity contribution >= 4 is 12.0 Å². The summed E-state index contributed by atoms with van der Waals surface area (Å²) in [6.45, 7) is 6.75. The number of para-hydroxylation sites is 1. The second-order valence-corrected chi connectivity index (χ2v) is 6.75. The van der Waals surface area contributed by atoms with Crippen molar-refractivity contribution in [3.8, 4) is 23.3 Å². The number of rotatable bonds is 9. The first-order valence-corrected chi connectivity index (χ1v) is 9.25. The maximum atomic E-state index is 11.1. The number of nitriles is 1. The molecule has 0 saturated heterocycles. The van der Waals surface area contributed by atoms with E-state index in [-0.39, 0.29) is 12.2 Å². The molecule has 0 bridgehead atoms. The number of aliphatic carboxylic acids is 1. The summed E-state index contributed by atoms with van der Waals surface area (Å²) < 4.78 is 17.1. The van der Waals surface area contributed by atoms with Crippen molar-refractivity contribution in [2.24, 2.45) is 0 Å². The molecule has 0 aliphatic heterocycles. The number of benzene rings is 2. The van der Waals surface area contributed by atoms with Crippen molar-refractivity contribution in [2.45, 2.75) is 26.7 Å². The zero-order chi connectivity index (χ0) is 21.4. The molecular weight excluding hydrogens is 370 g/mol. The third-order valence-corrected chi connectivity index (χ3v) is 4.26. The summed E-state index contributed by atoms with van der Waals surface area (Å²) in [4.78, 5) is 11.1. The molecule has 152 valence electrons. The minimum absolute atomic E-state index is 0.224. The van der Waals surface area contributed by atoms with Crippen molar-refractivity contribution in [1.29, 1.82) is 5.26 Å². The van der Waals surface area contributed by atoms with Gasteiger partial charge in [-0.2, -0.15) is 5.26 Å². The van der Waals surface area contributed by atoms with Crippen LogP contribution in [0, 0.1) is 18.3 Å². The lowest BCUT2D eigenvalue weighted by molar-refractivity contribution is -0.132. The standard InChI is InChI=1S/C23H25NO5/c1-15(2)19-9-8-16(3)12-21(19)28-10-11-29-22-17(6-5-7-20(22)27-4)13-18(14-24)23(25)26/h5-9,12-13,15H,10-11H2,1-4H3,(H,25,26). The van der Waals surface area contributed by atoms with Gasteiger partial charge in [-0.25, -0.2) is 4.79 Å². The monoisotopic (exact) mass is 395 g/mol. The number of carboxylic acid groups (broad SMARTS) is 1. The predicted molar refractivity (Wildman–Crippen MR) is 110 cm³/mol. The number of nitrogens with zero attached hydrogens (tertiary/aromatic N) is 1. The fourth-order valence-corrected chi connectivity index (χ4v) is 2.80. The summed E-state index contributed by atoms with van der Waals surface area (Å²) >= 11 is 0. The lowest BCUT2D eigenvalue weighted by Crippen LogP contribution is -2.11. The maximum Gasteiger partial charge on any atom is 0.346 e. The Labute approximate surface area is 171 Å². The van der Waals surface area contributed by atoms with E-state index in [0.29, 0.717) is 29.6 Å². The van der Waals surface area contributed by atoms with Crippen molar-refractivity contribution < 1.29 is 24.1 Å². The molecule has 0 atom stereocenters. The number of methoxy groups -OCH3 is 1. The molecule has 6 nitrogen and oxygen atoms in total. The molecule has 29 heavy (non-hydrogen) atoms. The first-order valence-electron chi connectivity index (χ1n) is 9.25. The van der Waals surface area contributed by atoms with Gasteiger partial charge in [0.2, 0.25) is 0 Å². The van der Waals surface area contributed by atoms with Crippen LogP contribution in [-0.2, 0) is 4.79 Å². The van der Waals surface area contributed by atoms with Crippen molar-refractivity contribution in [3.05, 3.63) is 58.7 Å². The van der Waals surface area contributed by atoms with E-state index in [2.05, 4.69) is 26.0 Å². The molecule has 0 fully saturated rings. The van der Waals surface area contributed by atoms with Gasteiger partial charge < -0.3 is 19.3 Å². The average molecular weight is 395 g/mol. The van der Waals surface area contributed by atoms with Crippen LogP contribution in [0.4, 0.5) is 0 Å². The van der Waals surface area contributed by atoms with Crippen LogP contribution in [0.15, 0.2) is 42.0 Å². The number of hydrogen-bond acceptors (Lipinski definition) is 5. The van der Waals surface area contributed by atoms with Crippen molar-refractivity contribution in [2.75, 3.05) is 20.3 Å². The van der Waals surface area contributed by atoms with Gasteiger partial charge in [0.15, 0.2) is 11.5 Å². The molecule has 6 heteroatoms. The van der Waals surface area contributed by atoms with Gasteiger partial charge in [0.05, 0.1) is 7.11 Å². The van der Waals surface area contributed by atoms with E-state index in [1.165, 1.54) is 13.2 Å². The highest BCUT2D eigenvalue weighted by atomic mass is 16.5. The highest BCUT2D eigenvalue weighted by Crippen LogP contribution is 2.33. The Bertz CT molecular complexity index is 941. The van der Waals surface area contributed by atoms with Crippen LogP contribution in [0.5, 0.6) is 17.2 Å². The molecule has 0 unspecified atom stereocenters. The zero-order valence-electron chi connectivity index (χ0n) is 17.1. The van der Waals surface area contributed by atoms with E-state index >= 15 is 0 Å². The minimum atomic E-state index is -1.30. The molecular formula is C23H25NO5. The third kappa shape index (κ3) is 5.76. The fourth-order valence-electron chi connectivity index (χ4n) is 2.80. The van der Waals surface area contributed by atoms with Gasteiger partial charge >= 0.3 is 5.97 Å². The maximum absolute atomic E-state index is 11.1. The minimum Gasteiger partial charge on any atom is -0.493 e. The number of carboxylic acids is 1. The van der Waals surface area contributed by atoms with E-state index in [1.54, 1.807) is 24.3 Å². The van der Waals surface area contributed by atoms with E-state index < -0.39 is 5.97 Å². The van der Waals surface area contributed by atoms with Gasteiger partial charge in [-0.15, -0.1) is 0 Å². The van der Waals surface area contributed by atoms with Gasteiger partial charge in [0.1, 0.15) is 30.6 Å². The molecule has 0 heterocycles. The Hall–Kier alpha value is -3.46. The Morgan fingerprint density at radius 1 is 1.17 bits per heavy atom. The second-order valence-electron chi connectivity index (χ2n) is 6.75. The van der Waals surface area contributed by atoms with Crippen LogP contribution in [-0.4, -0.2) is 31.4 Å². The van der Waals surface area contributed by atoms with Crippen molar-refractivity contribution in [3.63, 3.8) is 0 Å². The molecule has 0 aliphatic carbocycles. The Balaban J connectivity index is 2.16. The quantitative estimate of drug-likeness (QED) is 0.380. The third-order valence-electron chi connectivity index (χ3n) is 4.26. The summed E-state index contributed by atoms with van der Waals surface area (Å²) in [7, 11) is 1.50. The topological polar surface area (TPSA) is 88.8 Å². The van der Waals surface area contributed by atoms with Crippen LogP contribution in [0.1, 0.15) is 36.5 Å². The smallest absolute Gasteiger partial charge is 0.346 e. The summed E-state index contributed by atoms with van der Waals surface area (Å²) in [5.74, 6) is 0.658. The Kier molecular flexibility index (Phi) is 7.67. The first-order chi connectivity index (χ1) is 13.9. The normalized spacial score (nSPS) is 11.1. The number of carbonyl (C=O) groups is 1. The highest BCUT2D eigenvalue weighted by molar-refractivity contribution is 5.97. The van der Waals surface area contributed by atoms with Crippen LogP contribution >= 0.6 is 0 Å². The highest BCUT2D eigenvalue weighted by Gasteiger charge is 2.13. The van der Waals surface area contributed by atoms with Crippen LogP contribution in [0.25, 0.3) is 6.08 Å². The average Bonchev–Trinajstić information content (AvgIpc) is 2.69. The molecule has 0 radical (unpaired) electrons. The summed E-state index contributed by atoms with van der Waals surface area (Å²) in [5, 5.41) is 18.1. The number of hydrogen-bond donors (Lipinski definition) is 1. The van der Waals surface area contributed by atoms with E-state index in [9.17, 15) is 4.79 Å². The molecule has 2 rings (SSSR count). The predicted octanol–water partition coefficient (Wildman–Crippen LogP) is 4.58. The zero-order valence-corrected chi connectivity index (χ0v) is 17.1. The van der Waals surface area contributed by atoms with E-state index in [4.69, 9.17) is 24.6 Å². The van der Waals surface area contributed by atoms with Gasteiger partial charge in [-0.3, -0.25) is 0 Å². The van der Waals surface area contributed by atoms with Crippen LogP contribution in [0.2, 0.25) is 0 Å². The fraction of sp³-hybridized carbons (Fsp3) is 0.304. The molecule has 2 aromatic rings. The molecule has 1 N–H and O–H groups in total. The van der Waals surface area contributed by atoms with Crippen molar-refractivity contribution in [1.82, 2.24) is 0 Å². The summed E-state index contributed by atoms with van der Waals surface area (Å²) in [6, 6.07) is 12.9. The lowest BCUT2D eigenvalue weighted by atomic mass is 10.0. The number of aryl methyl sites for hydroxylation is 1. The van der Waals surface area contributed by atoms with E-state index in [0.717, 1.165) is 16.9 Å². The largest absolute Gasteiger partial charge is 0.493 e. The number of ether oxygens (including phenoxy) is 3. The summed E-state index contributed by atoms with van der Waals surface area (Å²) in [5.41, 5.74) is 2.29. The van der Waals surface area contributed by atoms with Gasteiger partial charge in [0, 0.05) is 5.56 Å².